The molecule has 1 aliphatic rings. The minimum absolute atomic E-state index is 0.0520. The van der Waals surface area contributed by atoms with E-state index in [2.05, 4.69) is 15.9 Å². The molecule has 1 fully saturated rings. The van der Waals surface area contributed by atoms with Crippen LogP contribution in [-0.4, -0.2) is 11.5 Å². The van der Waals surface area contributed by atoms with Crippen molar-refractivity contribution in [3.63, 3.8) is 0 Å². The Hall–Kier alpha value is -0.940. The van der Waals surface area contributed by atoms with Crippen molar-refractivity contribution in [2.75, 3.05) is 6.61 Å². The third-order valence-electron chi connectivity index (χ3n) is 1.82. The highest BCUT2D eigenvalue weighted by Crippen LogP contribution is 2.33. The number of halogens is 1. The number of nitro benzene ring substituents is 1. The van der Waals surface area contributed by atoms with Crippen LogP contribution >= 0.6 is 15.9 Å². The second-order valence-corrected chi connectivity index (χ2v) is 3.74. The molecule has 0 radical (unpaired) electrons. The molecule has 13 heavy (non-hydrogen) atoms. The Morgan fingerprint density at radius 3 is 2.77 bits per heavy atom. The second kappa shape index (κ2) is 3.08. The summed E-state index contributed by atoms with van der Waals surface area (Å²) in [5.74, 6) is 0. The predicted octanol–water partition coefficient (Wildman–Crippen LogP) is 2.43. The van der Waals surface area contributed by atoms with Crippen LogP contribution in [0, 0.1) is 10.1 Å². The molecule has 0 amide bonds. The van der Waals surface area contributed by atoms with E-state index in [0.29, 0.717) is 11.1 Å². The monoisotopic (exact) mass is 243 g/mol. The quantitative estimate of drug-likeness (QED) is 0.456. The van der Waals surface area contributed by atoms with Gasteiger partial charge in [-0.25, -0.2) is 0 Å². The molecule has 4 nitrogen and oxygen atoms in total. The van der Waals surface area contributed by atoms with Gasteiger partial charge in [-0.3, -0.25) is 10.1 Å². The lowest BCUT2D eigenvalue weighted by Gasteiger charge is -1.97. The van der Waals surface area contributed by atoms with Crippen LogP contribution in [0.1, 0.15) is 11.7 Å². The van der Waals surface area contributed by atoms with Crippen molar-refractivity contribution in [3.8, 4) is 0 Å². The maximum absolute atomic E-state index is 10.5. The summed E-state index contributed by atoms with van der Waals surface area (Å²) in [6.07, 6.45) is 0.0520. The summed E-state index contributed by atoms with van der Waals surface area (Å²) < 4.78 is 5.76. The van der Waals surface area contributed by atoms with E-state index in [4.69, 9.17) is 4.74 Å². The Kier molecular flexibility index (Phi) is 2.05. The van der Waals surface area contributed by atoms with Crippen LogP contribution in [0.3, 0.4) is 0 Å². The largest absolute Gasteiger partial charge is 0.368 e. The maximum Gasteiger partial charge on any atom is 0.270 e. The van der Waals surface area contributed by atoms with E-state index in [9.17, 15) is 10.1 Å². The Morgan fingerprint density at radius 2 is 2.23 bits per heavy atom. The maximum atomic E-state index is 10.5. The molecule has 0 unspecified atom stereocenters. The lowest BCUT2D eigenvalue weighted by atomic mass is 10.1. The molecule has 1 aromatic carbocycles. The molecular weight excluding hydrogens is 238 g/mol. The zero-order chi connectivity index (χ0) is 9.42. The average Bonchev–Trinajstić information content (AvgIpc) is 2.85. The van der Waals surface area contributed by atoms with Gasteiger partial charge >= 0.3 is 0 Å². The molecule has 0 bridgehead atoms. The van der Waals surface area contributed by atoms with Crippen molar-refractivity contribution in [2.24, 2.45) is 0 Å². The van der Waals surface area contributed by atoms with Crippen LogP contribution in [0.4, 0.5) is 5.69 Å². The Bertz CT molecular complexity index is 362. The molecule has 68 valence electrons. The molecular formula is C8H6BrNO3. The van der Waals surface area contributed by atoms with Gasteiger partial charge in [-0.1, -0.05) is 15.9 Å². The highest BCUT2D eigenvalue weighted by molar-refractivity contribution is 9.10. The standard InChI is InChI=1S/C8H6BrNO3/c9-6-1-5(8-4-13-8)2-7(3-6)10(11)12/h1-3,8H,4H2/t8-/m0/s1. The molecule has 1 heterocycles. The van der Waals surface area contributed by atoms with E-state index >= 15 is 0 Å². The van der Waals surface area contributed by atoms with Gasteiger partial charge in [-0.15, -0.1) is 0 Å². The van der Waals surface area contributed by atoms with Crippen LogP contribution in [0.25, 0.3) is 0 Å². The Balaban J connectivity index is 2.41. The molecule has 0 saturated carbocycles. The minimum atomic E-state index is -0.406. The van der Waals surface area contributed by atoms with Gasteiger partial charge in [0.15, 0.2) is 0 Å². The normalized spacial score (nSPS) is 19.9. The molecule has 5 heteroatoms. The van der Waals surface area contributed by atoms with Crippen molar-refractivity contribution < 1.29 is 9.66 Å². The Morgan fingerprint density at radius 1 is 1.54 bits per heavy atom. The van der Waals surface area contributed by atoms with Gasteiger partial charge in [-0.2, -0.15) is 0 Å². The molecule has 1 aliphatic heterocycles. The molecule has 1 atom stereocenters. The lowest BCUT2D eigenvalue weighted by Crippen LogP contribution is -1.90. The van der Waals surface area contributed by atoms with Crippen LogP contribution in [-0.2, 0) is 4.74 Å². The predicted molar refractivity (Wildman–Crippen MR) is 49.5 cm³/mol. The molecule has 0 spiro atoms. The fourth-order valence-corrected chi connectivity index (χ4v) is 1.63. The van der Waals surface area contributed by atoms with Crippen LogP contribution < -0.4 is 0 Å². The first-order valence-electron chi connectivity index (χ1n) is 3.73. The number of nitro groups is 1. The summed E-state index contributed by atoms with van der Waals surface area (Å²) in [5, 5.41) is 10.5. The first-order valence-corrected chi connectivity index (χ1v) is 4.52. The molecule has 2 rings (SSSR count). The number of benzene rings is 1. The number of ether oxygens (including phenoxy) is 1. The average molecular weight is 244 g/mol. The molecule has 0 N–H and O–H groups in total. The third-order valence-corrected chi connectivity index (χ3v) is 2.28. The number of nitrogens with zero attached hydrogens (tertiary/aromatic N) is 1. The Labute approximate surface area is 82.8 Å². The fourth-order valence-electron chi connectivity index (χ4n) is 1.13. The van der Waals surface area contributed by atoms with Gasteiger partial charge in [-0.05, 0) is 11.6 Å². The molecule has 0 aliphatic carbocycles. The van der Waals surface area contributed by atoms with E-state index in [1.54, 1.807) is 6.07 Å². The highest BCUT2D eigenvalue weighted by Gasteiger charge is 2.26. The molecule has 0 aromatic heterocycles. The van der Waals surface area contributed by atoms with Crippen molar-refractivity contribution >= 4 is 21.6 Å². The first kappa shape index (κ1) is 8.65. The summed E-state index contributed by atoms with van der Waals surface area (Å²) in [6.45, 7) is 0.660. The van der Waals surface area contributed by atoms with Crippen molar-refractivity contribution in [2.45, 2.75) is 6.10 Å². The van der Waals surface area contributed by atoms with Crippen molar-refractivity contribution in [3.05, 3.63) is 38.3 Å². The van der Waals surface area contributed by atoms with Crippen LogP contribution in [0.5, 0.6) is 0 Å². The summed E-state index contributed by atoms with van der Waals surface area (Å²) >= 11 is 3.22. The summed E-state index contributed by atoms with van der Waals surface area (Å²) in [4.78, 5) is 10.1. The first-order chi connectivity index (χ1) is 6.16. The van der Waals surface area contributed by atoms with Gasteiger partial charge in [0.05, 0.1) is 11.5 Å². The number of rotatable bonds is 2. The van der Waals surface area contributed by atoms with Gasteiger partial charge in [0.1, 0.15) is 6.10 Å². The summed E-state index contributed by atoms with van der Waals surface area (Å²) in [6, 6.07) is 4.86. The van der Waals surface area contributed by atoms with E-state index in [0.717, 1.165) is 5.56 Å². The SMILES string of the molecule is O=[N+]([O-])c1cc(Br)cc([C@@H]2CO2)c1. The fraction of sp³-hybridized carbons (Fsp3) is 0.250. The smallest absolute Gasteiger partial charge is 0.270 e. The summed E-state index contributed by atoms with van der Waals surface area (Å²) in [5.41, 5.74) is 0.959. The zero-order valence-electron chi connectivity index (χ0n) is 6.57. The van der Waals surface area contributed by atoms with E-state index in [1.807, 2.05) is 6.07 Å². The number of hydrogen-bond donors (Lipinski definition) is 0. The van der Waals surface area contributed by atoms with Gasteiger partial charge < -0.3 is 4.74 Å². The van der Waals surface area contributed by atoms with Crippen molar-refractivity contribution in [1.29, 1.82) is 0 Å². The third kappa shape index (κ3) is 1.87. The topological polar surface area (TPSA) is 55.7 Å². The lowest BCUT2D eigenvalue weighted by molar-refractivity contribution is -0.385. The van der Waals surface area contributed by atoms with Gasteiger partial charge in [0, 0.05) is 16.6 Å². The number of hydrogen-bond acceptors (Lipinski definition) is 3. The van der Waals surface area contributed by atoms with E-state index in [1.165, 1.54) is 6.07 Å². The highest BCUT2D eigenvalue weighted by atomic mass is 79.9. The second-order valence-electron chi connectivity index (χ2n) is 2.82. The van der Waals surface area contributed by atoms with Gasteiger partial charge in [0.25, 0.3) is 5.69 Å². The van der Waals surface area contributed by atoms with E-state index in [-0.39, 0.29) is 11.8 Å². The number of epoxide rings is 1. The summed E-state index contributed by atoms with van der Waals surface area (Å²) in [7, 11) is 0. The molecule has 1 saturated heterocycles. The number of non-ortho nitro benzene ring substituents is 1. The molecule has 1 aromatic rings. The van der Waals surface area contributed by atoms with E-state index < -0.39 is 4.92 Å². The minimum Gasteiger partial charge on any atom is -0.368 e. The van der Waals surface area contributed by atoms with Crippen molar-refractivity contribution in [1.82, 2.24) is 0 Å². The zero-order valence-corrected chi connectivity index (χ0v) is 8.15. The van der Waals surface area contributed by atoms with Crippen LogP contribution in [0.15, 0.2) is 22.7 Å². The van der Waals surface area contributed by atoms with Crippen LogP contribution in [0.2, 0.25) is 0 Å². The van der Waals surface area contributed by atoms with Gasteiger partial charge in [0.2, 0.25) is 0 Å².